The predicted molar refractivity (Wildman–Crippen MR) is 61.1 cm³/mol. The van der Waals surface area contributed by atoms with Gasteiger partial charge in [0.05, 0.1) is 6.04 Å². The van der Waals surface area contributed by atoms with Crippen molar-refractivity contribution in [2.24, 2.45) is 17.6 Å². The first kappa shape index (κ1) is 13.6. The molecule has 0 aromatic rings. The fourth-order valence-electron chi connectivity index (χ4n) is 1.43. The van der Waals surface area contributed by atoms with Gasteiger partial charge in [-0.2, -0.15) is 0 Å². The first-order chi connectivity index (χ1) is 6.43. The van der Waals surface area contributed by atoms with Crippen molar-refractivity contribution in [3.63, 3.8) is 0 Å². The van der Waals surface area contributed by atoms with Gasteiger partial charge in [0.25, 0.3) is 0 Å². The van der Waals surface area contributed by atoms with Crippen LogP contribution in [-0.2, 0) is 4.79 Å². The van der Waals surface area contributed by atoms with E-state index in [0.717, 1.165) is 18.8 Å². The zero-order valence-corrected chi connectivity index (χ0v) is 10.0. The zero-order chi connectivity index (χ0) is 11.1. The summed E-state index contributed by atoms with van der Waals surface area (Å²) in [5, 5.41) is 0. The third-order valence-corrected chi connectivity index (χ3v) is 2.73. The smallest absolute Gasteiger partial charge is 0.146 e. The maximum Gasteiger partial charge on any atom is 0.146 e. The van der Waals surface area contributed by atoms with Crippen molar-refractivity contribution < 1.29 is 4.79 Å². The van der Waals surface area contributed by atoms with Gasteiger partial charge in [-0.1, -0.05) is 33.6 Å². The molecule has 0 fully saturated rings. The fraction of sp³-hybridized carbons (Fsp3) is 0.917. The number of ketones is 1. The number of rotatable bonds is 7. The molecule has 0 aliphatic rings. The topological polar surface area (TPSA) is 43.1 Å². The van der Waals surface area contributed by atoms with Gasteiger partial charge in [-0.05, 0) is 31.6 Å². The highest BCUT2D eigenvalue weighted by molar-refractivity contribution is 5.80. The Morgan fingerprint density at radius 3 is 2.00 bits per heavy atom. The van der Waals surface area contributed by atoms with Gasteiger partial charge in [-0.3, -0.25) is 4.79 Å². The molecule has 0 aromatic carbocycles. The van der Waals surface area contributed by atoms with Gasteiger partial charge in [0, 0.05) is 0 Å². The first-order valence-electron chi connectivity index (χ1n) is 5.69. The number of hydrogen-bond donors (Lipinski definition) is 1. The standard InChI is InChI=1S/C12H25NO/c1-9(2)5-6-10(3)7-8-12(13)11(4)14/h9-10,12H,5-8,13H2,1-4H3/t10-,12-/m0/s1. The quantitative estimate of drug-likeness (QED) is 0.685. The normalized spacial score (nSPS) is 15.6. The lowest BCUT2D eigenvalue weighted by Gasteiger charge is -2.14. The summed E-state index contributed by atoms with van der Waals surface area (Å²) in [5.41, 5.74) is 5.67. The molecular formula is C12H25NO. The molecule has 84 valence electrons. The zero-order valence-electron chi connectivity index (χ0n) is 10.0. The molecule has 0 spiro atoms. The van der Waals surface area contributed by atoms with Crippen LogP contribution in [0.2, 0.25) is 0 Å². The molecule has 0 bridgehead atoms. The molecular weight excluding hydrogens is 174 g/mol. The van der Waals surface area contributed by atoms with E-state index in [9.17, 15) is 4.79 Å². The van der Waals surface area contributed by atoms with Crippen molar-refractivity contribution in [3.8, 4) is 0 Å². The lowest BCUT2D eigenvalue weighted by molar-refractivity contribution is -0.118. The van der Waals surface area contributed by atoms with Crippen LogP contribution in [0.4, 0.5) is 0 Å². The summed E-state index contributed by atoms with van der Waals surface area (Å²) in [6, 6.07) is -0.239. The summed E-state index contributed by atoms with van der Waals surface area (Å²) in [5.74, 6) is 1.59. The first-order valence-corrected chi connectivity index (χ1v) is 5.69. The fourth-order valence-corrected chi connectivity index (χ4v) is 1.43. The largest absolute Gasteiger partial charge is 0.322 e. The summed E-state index contributed by atoms with van der Waals surface area (Å²) >= 11 is 0. The van der Waals surface area contributed by atoms with Crippen molar-refractivity contribution in [2.45, 2.75) is 59.4 Å². The molecule has 0 amide bonds. The molecule has 0 aliphatic carbocycles. The lowest BCUT2D eigenvalue weighted by atomic mass is 9.93. The molecule has 0 radical (unpaired) electrons. The minimum atomic E-state index is -0.239. The van der Waals surface area contributed by atoms with Gasteiger partial charge in [-0.25, -0.2) is 0 Å². The highest BCUT2D eigenvalue weighted by Crippen LogP contribution is 2.17. The predicted octanol–water partition coefficient (Wildman–Crippen LogP) is 2.76. The second kappa shape index (κ2) is 6.99. The number of carbonyl (C=O) groups excluding carboxylic acids is 1. The lowest BCUT2D eigenvalue weighted by Crippen LogP contribution is -2.28. The molecule has 14 heavy (non-hydrogen) atoms. The van der Waals surface area contributed by atoms with Gasteiger partial charge in [-0.15, -0.1) is 0 Å². The Morgan fingerprint density at radius 1 is 1.07 bits per heavy atom. The Bertz CT molecular complexity index is 166. The van der Waals surface area contributed by atoms with Crippen LogP contribution < -0.4 is 5.73 Å². The van der Waals surface area contributed by atoms with Crippen LogP contribution in [0.15, 0.2) is 0 Å². The minimum Gasteiger partial charge on any atom is -0.322 e. The molecule has 0 saturated carbocycles. The van der Waals surface area contributed by atoms with E-state index in [1.54, 1.807) is 6.92 Å². The van der Waals surface area contributed by atoms with Gasteiger partial charge >= 0.3 is 0 Å². The summed E-state index contributed by atoms with van der Waals surface area (Å²) in [7, 11) is 0. The molecule has 0 aliphatic heterocycles. The molecule has 2 nitrogen and oxygen atoms in total. The monoisotopic (exact) mass is 199 g/mol. The SMILES string of the molecule is CC(=O)[C@@H](N)CC[C@@H](C)CCC(C)C. The van der Waals surface area contributed by atoms with E-state index in [-0.39, 0.29) is 11.8 Å². The average molecular weight is 199 g/mol. The summed E-state index contributed by atoms with van der Waals surface area (Å²) in [6.45, 7) is 8.31. The van der Waals surface area contributed by atoms with Crippen molar-refractivity contribution >= 4 is 5.78 Å². The average Bonchev–Trinajstić information content (AvgIpc) is 2.10. The van der Waals surface area contributed by atoms with E-state index in [1.807, 2.05) is 0 Å². The second-order valence-corrected chi connectivity index (χ2v) is 4.87. The van der Waals surface area contributed by atoms with E-state index >= 15 is 0 Å². The number of Topliss-reactive ketones (excluding diaryl/α,β-unsaturated/α-hetero) is 1. The summed E-state index contributed by atoms with van der Waals surface area (Å²) < 4.78 is 0. The van der Waals surface area contributed by atoms with Gasteiger partial charge in [0.15, 0.2) is 0 Å². The van der Waals surface area contributed by atoms with Crippen LogP contribution in [0, 0.1) is 11.8 Å². The van der Waals surface area contributed by atoms with E-state index in [2.05, 4.69) is 20.8 Å². The van der Waals surface area contributed by atoms with E-state index in [4.69, 9.17) is 5.73 Å². The molecule has 2 atom stereocenters. The maximum absolute atomic E-state index is 10.9. The third-order valence-electron chi connectivity index (χ3n) is 2.73. The van der Waals surface area contributed by atoms with Crippen LogP contribution in [0.1, 0.15) is 53.4 Å². The van der Waals surface area contributed by atoms with Gasteiger partial charge in [0.1, 0.15) is 5.78 Å². The number of hydrogen-bond acceptors (Lipinski definition) is 2. The van der Waals surface area contributed by atoms with Crippen LogP contribution in [-0.4, -0.2) is 11.8 Å². The highest BCUT2D eigenvalue weighted by Gasteiger charge is 2.10. The minimum absolute atomic E-state index is 0.112. The van der Waals surface area contributed by atoms with Crippen molar-refractivity contribution in [1.29, 1.82) is 0 Å². The molecule has 2 heteroatoms. The summed E-state index contributed by atoms with van der Waals surface area (Å²) in [6.07, 6.45) is 4.45. The maximum atomic E-state index is 10.9. The Kier molecular flexibility index (Phi) is 6.81. The number of nitrogens with two attached hydrogens (primary N) is 1. The Labute approximate surface area is 88.3 Å². The molecule has 0 saturated heterocycles. The van der Waals surface area contributed by atoms with Crippen LogP contribution >= 0.6 is 0 Å². The van der Waals surface area contributed by atoms with Crippen LogP contribution in [0.5, 0.6) is 0 Å². The van der Waals surface area contributed by atoms with E-state index in [0.29, 0.717) is 5.92 Å². The van der Waals surface area contributed by atoms with E-state index < -0.39 is 0 Å². The summed E-state index contributed by atoms with van der Waals surface area (Å²) in [4.78, 5) is 10.9. The van der Waals surface area contributed by atoms with Crippen LogP contribution in [0.3, 0.4) is 0 Å². The van der Waals surface area contributed by atoms with E-state index in [1.165, 1.54) is 12.8 Å². The molecule has 2 N–H and O–H groups in total. The third kappa shape index (κ3) is 7.07. The molecule has 0 heterocycles. The Morgan fingerprint density at radius 2 is 1.57 bits per heavy atom. The Hall–Kier alpha value is -0.370. The van der Waals surface area contributed by atoms with Gasteiger partial charge < -0.3 is 5.73 Å². The van der Waals surface area contributed by atoms with Crippen LogP contribution in [0.25, 0.3) is 0 Å². The Balaban J connectivity index is 3.53. The van der Waals surface area contributed by atoms with Crippen molar-refractivity contribution in [1.82, 2.24) is 0 Å². The van der Waals surface area contributed by atoms with Crippen molar-refractivity contribution in [3.05, 3.63) is 0 Å². The van der Waals surface area contributed by atoms with Gasteiger partial charge in [0.2, 0.25) is 0 Å². The van der Waals surface area contributed by atoms with Crippen molar-refractivity contribution in [2.75, 3.05) is 0 Å². The number of carbonyl (C=O) groups is 1. The molecule has 0 unspecified atom stereocenters. The molecule has 0 aromatic heterocycles. The second-order valence-electron chi connectivity index (χ2n) is 4.87. The highest BCUT2D eigenvalue weighted by atomic mass is 16.1. The molecule has 0 rings (SSSR count).